The van der Waals surface area contributed by atoms with Gasteiger partial charge in [-0.3, -0.25) is 0 Å². The molecule has 0 aliphatic heterocycles. The molecule has 0 fully saturated rings. The van der Waals surface area contributed by atoms with Crippen LogP contribution in [0.25, 0.3) is 44.2 Å². The van der Waals surface area contributed by atoms with E-state index in [0.29, 0.717) is 32.7 Å². The highest BCUT2D eigenvalue weighted by atomic mass is 16.4. The van der Waals surface area contributed by atoms with Crippen molar-refractivity contribution in [3.05, 3.63) is 92.6 Å². The highest BCUT2D eigenvalue weighted by Gasteiger charge is 2.19. The predicted molar refractivity (Wildman–Crippen MR) is 159 cm³/mol. The molecule has 44 heavy (non-hydrogen) atoms. The molecule has 6 rings (SSSR count). The van der Waals surface area contributed by atoms with E-state index in [9.17, 15) is 50.4 Å². The van der Waals surface area contributed by atoms with E-state index in [0.717, 1.165) is 12.1 Å². The Kier molecular flexibility index (Phi) is 7.19. The van der Waals surface area contributed by atoms with Crippen LogP contribution in [0.4, 0.5) is 0 Å². The lowest BCUT2D eigenvalue weighted by Gasteiger charge is -2.13. The SMILES string of the molecule is Cc1c(-c2cc(O)cc(=O)o2)c(O)cc2cc(O)cc(O)c12.Cc1c(-c2cc(O)cc(=O)o2)c(O)cc2cc(O)cc(O)c12. The van der Waals surface area contributed by atoms with Crippen LogP contribution in [-0.4, -0.2) is 40.9 Å². The van der Waals surface area contributed by atoms with Gasteiger partial charge in [0.15, 0.2) is 0 Å². The molecule has 6 aromatic rings. The Morgan fingerprint density at radius 3 is 1.11 bits per heavy atom. The van der Waals surface area contributed by atoms with E-state index in [4.69, 9.17) is 8.83 Å². The molecule has 0 atom stereocenters. The summed E-state index contributed by atoms with van der Waals surface area (Å²) in [6.45, 7) is 3.25. The molecule has 0 aliphatic carbocycles. The van der Waals surface area contributed by atoms with E-state index in [1.54, 1.807) is 13.8 Å². The molecule has 8 N–H and O–H groups in total. The van der Waals surface area contributed by atoms with Crippen LogP contribution in [0.2, 0.25) is 0 Å². The number of phenols is 6. The smallest absolute Gasteiger partial charge is 0.339 e. The molecule has 0 saturated carbocycles. The molecule has 12 heteroatoms. The van der Waals surface area contributed by atoms with Crippen molar-refractivity contribution in [1.29, 1.82) is 0 Å². The molecule has 0 unspecified atom stereocenters. The summed E-state index contributed by atoms with van der Waals surface area (Å²) in [5, 5.41) is 80.2. The molecule has 224 valence electrons. The zero-order valence-electron chi connectivity index (χ0n) is 23.0. The second kappa shape index (κ2) is 10.8. The van der Waals surface area contributed by atoms with Gasteiger partial charge >= 0.3 is 11.3 Å². The molecule has 2 heterocycles. The molecule has 4 aromatic carbocycles. The largest absolute Gasteiger partial charge is 0.508 e. The molecule has 0 aliphatic rings. The monoisotopic (exact) mass is 600 g/mol. The summed E-state index contributed by atoms with van der Waals surface area (Å²) in [6, 6.07) is 12.0. The van der Waals surface area contributed by atoms with E-state index in [2.05, 4.69) is 0 Å². The van der Waals surface area contributed by atoms with Crippen LogP contribution in [0.3, 0.4) is 0 Å². The maximum atomic E-state index is 11.4. The van der Waals surface area contributed by atoms with Gasteiger partial charge in [-0.1, -0.05) is 0 Å². The maximum Gasteiger partial charge on any atom is 0.339 e. The number of aryl methyl sites for hydroxylation is 2. The van der Waals surface area contributed by atoms with Crippen molar-refractivity contribution in [1.82, 2.24) is 0 Å². The second-order valence-electron chi connectivity index (χ2n) is 9.92. The van der Waals surface area contributed by atoms with Gasteiger partial charge in [-0.15, -0.1) is 0 Å². The number of rotatable bonds is 2. The third kappa shape index (κ3) is 5.34. The number of benzene rings is 4. The summed E-state index contributed by atoms with van der Waals surface area (Å²) in [5.41, 5.74) is -0.266. The molecule has 2 aromatic heterocycles. The lowest BCUT2D eigenvalue weighted by Crippen LogP contribution is -1.97. The average molecular weight is 601 g/mol. The van der Waals surface area contributed by atoms with Crippen LogP contribution in [0, 0.1) is 13.8 Å². The molecule has 0 radical (unpaired) electrons. The predicted octanol–water partition coefficient (Wildman–Crippen LogP) is 5.18. The molecule has 0 saturated heterocycles. The zero-order valence-corrected chi connectivity index (χ0v) is 23.0. The summed E-state index contributed by atoms with van der Waals surface area (Å²) >= 11 is 0. The lowest BCUT2D eigenvalue weighted by atomic mass is 9.96. The van der Waals surface area contributed by atoms with Crippen molar-refractivity contribution in [3.8, 4) is 68.6 Å². The summed E-state index contributed by atoms with van der Waals surface area (Å²) in [7, 11) is 0. The van der Waals surface area contributed by atoms with Crippen molar-refractivity contribution in [2.75, 3.05) is 0 Å². The topological polar surface area (TPSA) is 222 Å². The highest BCUT2D eigenvalue weighted by molar-refractivity contribution is 5.99. The van der Waals surface area contributed by atoms with Crippen molar-refractivity contribution in [2.24, 2.45) is 0 Å². The quantitative estimate of drug-likeness (QED) is 0.129. The van der Waals surface area contributed by atoms with Crippen LogP contribution < -0.4 is 11.3 Å². The Hall–Kier alpha value is -6.30. The standard InChI is InChI=1S/2C16H12O6/c2*1-7-15-8(2-9(17)4-12(15)20)3-11(19)16(7)13-5-10(18)6-14(21)22-13/h2*2-6,17-20H,1H3. The van der Waals surface area contributed by atoms with Gasteiger partial charge in [0.1, 0.15) is 57.5 Å². The Labute approximate surface area is 246 Å². The Morgan fingerprint density at radius 1 is 0.432 bits per heavy atom. The van der Waals surface area contributed by atoms with E-state index in [-0.39, 0.29) is 68.6 Å². The highest BCUT2D eigenvalue weighted by Crippen LogP contribution is 2.43. The molecule has 0 spiro atoms. The lowest BCUT2D eigenvalue weighted by molar-refractivity contribution is 0.446. The van der Waals surface area contributed by atoms with Crippen LogP contribution >= 0.6 is 0 Å². The van der Waals surface area contributed by atoms with Gasteiger partial charge in [-0.2, -0.15) is 0 Å². The molecular formula is C32H24O12. The van der Waals surface area contributed by atoms with E-state index in [1.165, 1.54) is 48.5 Å². The third-order valence-corrected chi connectivity index (χ3v) is 6.87. The minimum absolute atomic E-state index is 0.0191. The maximum absolute atomic E-state index is 11.4. The molecular weight excluding hydrogens is 576 g/mol. The summed E-state index contributed by atoms with van der Waals surface area (Å²) in [6.07, 6.45) is 0. The van der Waals surface area contributed by atoms with Crippen LogP contribution in [0.15, 0.2) is 79.1 Å². The second-order valence-corrected chi connectivity index (χ2v) is 9.92. The Morgan fingerprint density at radius 2 is 0.773 bits per heavy atom. The van der Waals surface area contributed by atoms with Gasteiger partial charge in [0.25, 0.3) is 0 Å². The number of hydrogen-bond acceptors (Lipinski definition) is 12. The summed E-state index contributed by atoms with van der Waals surface area (Å²) in [4.78, 5) is 22.8. The number of aromatic hydroxyl groups is 8. The van der Waals surface area contributed by atoms with Crippen molar-refractivity contribution < 1.29 is 49.7 Å². The zero-order chi connectivity index (χ0) is 32.0. The normalized spacial score (nSPS) is 11.0. The molecule has 12 nitrogen and oxygen atoms in total. The summed E-state index contributed by atoms with van der Waals surface area (Å²) in [5.74, 6) is -1.65. The number of phenolic OH excluding ortho intramolecular Hbond substituents is 6. The third-order valence-electron chi connectivity index (χ3n) is 6.87. The van der Waals surface area contributed by atoms with Gasteiger partial charge < -0.3 is 49.7 Å². The Balaban J connectivity index is 0.000000175. The summed E-state index contributed by atoms with van der Waals surface area (Å²) < 4.78 is 10.0. The van der Waals surface area contributed by atoms with E-state index in [1.807, 2.05) is 0 Å². The first kappa shape index (κ1) is 29.2. The fraction of sp³-hybridized carbons (Fsp3) is 0.0625. The fourth-order valence-corrected chi connectivity index (χ4v) is 5.18. The van der Waals surface area contributed by atoms with Gasteiger partial charge in [-0.25, -0.2) is 9.59 Å². The first-order valence-corrected chi connectivity index (χ1v) is 12.8. The average Bonchev–Trinajstić information content (AvgIpc) is 2.86. The Bertz CT molecular complexity index is 2070. The van der Waals surface area contributed by atoms with Gasteiger partial charge in [0.05, 0.1) is 23.3 Å². The van der Waals surface area contributed by atoms with Crippen LogP contribution in [0.5, 0.6) is 46.0 Å². The van der Waals surface area contributed by atoms with E-state index >= 15 is 0 Å². The molecule has 0 amide bonds. The fourth-order valence-electron chi connectivity index (χ4n) is 5.18. The first-order valence-electron chi connectivity index (χ1n) is 12.8. The van der Waals surface area contributed by atoms with Crippen LogP contribution in [0.1, 0.15) is 11.1 Å². The number of hydrogen-bond donors (Lipinski definition) is 8. The molecule has 0 bridgehead atoms. The van der Waals surface area contributed by atoms with Gasteiger partial charge in [0, 0.05) is 35.0 Å². The van der Waals surface area contributed by atoms with Gasteiger partial charge in [-0.05, 0) is 60.0 Å². The minimum Gasteiger partial charge on any atom is -0.508 e. The van der Waals surface area contributed by atoms with E-state index < -0.39 is 11.3 Å². The van der Waals surface area contributed by atoms with Crippen molar-refractivity contribution in [3.63, 3.8) is 0 Å². The van der Waals surface area contributed by atoms with Crippen molar-refractivity contribution in [2.45, 2.75) is 13.8 Å². The van der Waals surface area contributed by atoms with Crippen molar-refractivity contribution >= 4 is 21.5 Å². The van der Waals surface area contributed by atoms with Gasteiger partial charge in [0.2, 0.25) is 0 Å². The first-order chi connectivity index (χ1) is 20.7. The van der Waals surface area contributed by atoms with Crippen LogP contribution in [-0.2, 0) is 0 Å². The minimum atomic E-state index is -0.760. The number of fused-ring (bicyclic) bond motifs is 2.